The molecule has 0 unspecified atom stereocenters. The normalized spacial score (nSPS) is 14.7. The number of ketones is 2. The Labute approximate surface area is 239 Å². The van der Waals surface area contributed by atoms with Crippen molar-refractivity contribution in [2.45, 2.75) is 77.0 Å². The fourth-order valence-corrected chi connectivity index (χ4v) is 3.78. The highest BCUT2D eigenvalue weighted by molar-refractivity contribution is 6.67. The zero-order chi connectivity index (χ0) is 29.3. The summed E-state index contributed by atoms with van der Waals surface area (Å²) in [6, 6.07) is 9.45. The van der Waals surface area contributed by atoms with Gasteiger partial charge in [-0.3, -0.25) is 14.4 Å². The summed E-state index contributed by atoms with van der Waals surface area (Å²) >= 11 is 16.9. The largest absolute Gasteiger partial charge is 0.508 e. The van der Waals surface area contributed by atoms with Gasteiger partial charge in [-0.05, 0) is 40.2 Å². The fourth-order valence-electron chi connectivity index (χ4n) is 3.61. The SMILES string of the molecule is C[C@@H](COCc1ccccc1)[C@H](OC(=O)OCC(Cl)(Cl)Cl)[C@@H](C)C(=O)C(C)(C)C(=O)CC(=O)OC(C)(C)C. The molecule has 1 aromatic rings. The molecule has 38 heavy (non-hydrogen) atoms. The van der Waals surface area contributed by atoms with Crippen molar-refractivity contribution in [1.82, 2.24) is 0 Å². The van der Waals surface area contributed by atoms with Crippen molar-refractivity contribution in [2.24, 2.45) is 17.3 Å². The molecule has 0 fully saturated rings. The van der Waals surface area contributed by atoms with Crippen LogP contribution < -0.4 is 0 Å². The van der Waals surface area contributed by atoms with Gasteiger partial charge in [0.25, 0.3) is 0 Å². The van der Waals surface area contributed by atoms with E-state index in [0.29, 0.717) is 6.61 Å². The molecule has 1 rings (SSSR count). The highest BCUT2D eigenvalue weighted by Gasteiger charge is 2.44. The molecule has 1 aromatic carbocycles. The number of hydrogen-bond donors (Lipinski definition) is 0. The second-order valence-electron chi connectivity index (χ2n) is 10.7. The second kappa shape index (κ2) is 14.5. The monoisotopic (exact) mass is 594 g/mol. The maximum absolute atomic E-state index is 13.5. The number of esters is 1. The Bertz CT molecular complexity index is 951. The summed E-state index contributed by atoms with van der Waals surface area (Å²) < 4.78 is 19.5. The van der Waals surface area contributed by atoms with Gasteiger partial charge in [0.2, 0.25) is 3.79 Å². The third-order valence-electron chi connectivity index (χ3n) is 5.58. The van der Waals surface area contributed by atoms with Crippen LogP contribution in [0.25, 0.3) is 0 Å². The first-order chi connectivity index (χ1) is 17.3. The molecular weight excluding hydrogens is 559 g/mol. The van der Waals surface area contributed by atoms with Crippen LogP contribution in [0.5, 0.6) is 0 Å². The molecule has 0 spiro atoms. The molecule has 11 heteroatoms. The lowest BCUT2D eigenvalue weighted by molar-refractivity contribution is -0.158. The molecule has 0 aromatic heterocycles. The number of rotatable bonds is 13. The summed E-state index contributed by atoms with van der Waals surface area (Å²) in [5, 5.41) is 0. The van der Waals surface area contributed by atoms with Crippen LogP contribution >= 0.6 is 34.8 Å². The number of halogens is 3. The molecule has 0 N–H and O–H groups in total. The molecule has 0 bridgehead atoms. The van der Waals surface area contributed by atoms with Crippen molar-refractivity contribution >= 4 is 58.5 Å². The van der Waals surface area contributed by atoms with Crippen LogP contribution in [0.4, 0.5) is 4.79 Å². The van der Waals surface area contributed by atoms with Gasteiger partial charge in [-0.2, -0.15) is 0 Å². The van der Waals surface area contributed by atoms with Crippen LogP contribution in [0, 0.1) is 17.3 Å². The Kier molecular flexibility index (Phi) is 13.0. The van der Waals surface area contributed by atoms with Gasteiger partial charge in [-0.25, -0.2) is 4.79 Å². The standard InChI is InChI=1S/C27H37Cl3O8/c1-17(14-35-15-19-11-9-8-10-12-19)22(37-24(34)36-16-27(28,29)30)18(2)23(33)26(6,7)20(31)13-21(32)38-25(3,4)5/h8-12,17-18,22H,13-16H2,1-7H3/t17-,18+,22-/m0/s1. The molecule has 3 atom stereocenters. The van der Waals surface area contributed by atoms with Crippen LogP contribution in [-0.4, -0.2) is 52.4 Å². The number of benzene rings is 1. The average Bonchev–Trinajstić information content (AvgIpc) is 2.79. The van der Waals surface area contributed by atoms with Gasteiger partial charge in [-0.1, -0.05) is 79.0 Å². The quantitative estimate of drug-likeness (QED) is 0.149. The molecule has 214 valence electrons. The third-order valence-corrected chi connectivity index (χ3v) is 5.91. The van der Waals surface area contributed by atoms with Crippen molar-refractivity contribution in [2.75, 3.05) is 13.2 Å². The van der Waals surface area contributed by atoms with Gasteiger partial charge in [0.05, 0.1) is 24.5 Å². The fraction of sp³-hybridized carbons (Fsp3) is 0.630. The van der Waals surface area contributed by atoms with E-state index in [1.165, 1.54) is 20.8 Å². The van der Waals surface area contributed by atoms with E-state index in [0.717, 1.165) is 5.56 Å². The van der Waals surface area contributed by atoms with Crippen molar-refractivity contribution in [1.29, 1.82) is 0 Å². The highest BCUT2D eigenvalue weighted by Crippen LogP contribution is 2.31. The molecule has 0 aliphatic heterocycles. The number of hydrogen-bond acceptors (Lipinski definition) is 8. The summed E-state index contributed by atoms with van der Waals surface area (Å²) in [5.74, 6) is -3.34. The van der Waals surface area contributed by atoms with Gasteiger partial charge in [0.15, 0.2) is 11.6 Å². The van der Waals surface area contributed by atoms with Crippen molar-refractivity contribution < 1.29 is 38.1 Å². The number of alkyl halides is 3. The lowest BCUT2D eigenvalue weighted by Crippen LogP contribution is -2.46. The summed E-state index contributed by atoms with van der Waals surface area (Å²) in [7, 11) is 0. The molecule has 0 radical (unpaired) electrons. The summed E-state index contributed by atoms with van der Waals surface area (Å²) in [6.45, 7) is 11.0. The minimum atomic E-state index is -1.85. The Morgan fingerprint density at radius 3 is 2.03 bits per heavy atom. The average molecular weight is 596 g/mol. The lowest BCUT2D eigenvalue weighted by atomic mass is 9.74. The zero-order valence-corrected chi connectivity index (χ0v) is 25.1. The summed E-state index contributed by atoms with van der Waals surface area (Å²) in [5.41, 5.74) is -1.40. The van der Waals surface area contributed by atoms with E-state index in [-0.39, 0.29) is 6.61 Å². The van der Waals surface area contributed by atoms with Crippen LogP contribution in [0.15, 0.2) is 30.3 Å². The number of carbonyl (C=O) groups is 4. The van der Waals surface area contributed by atoms with E-state index >= 15 is 0 Å². The van der Waals surface area contributed by atoms with E-state index in [1.807, 2.05) is 30.3 Å². The topological polar surface area (TPSA) is 105 Å². The molecule has 0 saturated heterocycles. The first-order valence-corrected chi connectivity index (χ1v) is 13.3. The molecule has 0 aliphatic rings. The maximum atomic E-state index is 13.5. The Hall–Kier alpha value is -1.87. The van der Waals surface area contributed by atoms with E-state index in [9.17, 15) is 19.2 Å². The van der Waals surface area contributed by atoms with E-state index in [4.69, 9.17) is 53.8 Å². The first-order valence-electron chi connectivity index (χ1n) is 12.1. The maximum Gasteiger partial charge on any atom is 0.508 e. The predicted molar refractivity (Wildman–Crippen MR) is 145 cm³/mol. The molecule has 0 aliphatic carbocycles. The summed E-state index contributed by atoms with van der Waals surface area (Å²) in [4.78, 5) is 51.0. The van der Waals surface area contributed by atoms with Crippen LogP contribution in [0.3, 0.4) is 0 Å². The Balaban J connectivity index is 3.02. The second-order valence-corrected chi connectivity index (χ2v) is 13.2. The van der Waals surface area contributed by atoms with Crippen LogP contribution in [-0.2, 0) is 39.9 Å². The Morgan fingerprint density at radius 2 is 1.50 bits per heavy atom. The van der Waals surface area contributed by atoms with Crippen molar-refractivity contribution in [3.05, 3.63) is 35.9 Å². The van der Waals surface area contributed by atoms with Crippen molar-refractivity contribution in [3.63, 3.8) is 0 Å². The summed E-state index contributed by atoms with van der Waals surface area (Å²) in [6.07, 6.45) is -2.77. The smallest absolute Gasteiger partial charge is 0.460 e. The van der Waals surface area contributed by atoms with Gasteiger partial charge >= 0.3 is 12.1 Å². The van der Waals surface area contributed by atoms with Crippen LogP contribution in [0.1, 0.15) is 60.5 Å². The van der Waals surface area contributed by atoms with Gasteiger partial charge in [-0.15, -0.1) is 0 Å². The third kappa shape index (κ3) is 12.3. The molecular formula is C27H37Cl3O8. The lowest BCUT2D eigenvalue weighted by Gasteiger charge is -2.32. The Morgan fingerprint density at radius 1 is 0.921 bits per heavy atom. The minimum absolute atomic E-state index is 0.126. The molecule has 8 nitrogen and oxygen atoms in total. The van der Waals surface area contributed by atoms with E-state index in [1.54, 1.807) is 27.7 Å². The van der Waals surface area contributed by atoms with Crippen LogP contribution in [0.2, 0.25) is 0 Å². The molecule has 0 heterocycles. The minimum Gasteiger partial charge on any atom is -0.460 e. The van der Waals surface area contributed by atoms with E-state index < -0.39 is 69.5 Å². The van der Waals surface area contributed by atoms with Gasteiger partial charge in [0.1, 0.15) is 24.7 Å². The van der Waals surface area contributed by atoms with Gasteiger partial charge < -0.3 is 18.9 Å². The number of carbonyl (C=O) groups excluding carboxylic acids is 4. The molecule has 0 saturated carbocycles. The zero-order valence-electron chi connectivity index (χ0n) is 22.8. The van der Waals surface area contributed by atoms with Crippen molar-refractivity contribution in [3.8, 4) is 0 Å². The highest BCUT2D eigenvalue weighted by atomic mass is 35.6. The molecule has 0 amide bonds. The number of ether oxygens (including phenoxy) is 4. The predicted octanol–water partition coefficient (Wildman–Crippen LogP) is 6.26. The first kappa shape index (κ1) is 34.2. The van der Waals surface area contributed by atoms with Gasteiger partial charge in [0, 0.05) is 5.92 Å². The number of Topliss-reactive ketones (excluding diaryl/α,β-unsaturated/α-hetero) is 2. The van der Waals surface area contributed by atoms with E-state index in [2.05, 4.69) is 0 Å².